The number of carbonyl (C=O) groups is 2. The van der Waals surface area contributed by atoms with Crippen LogP contribution in [0.15, 0.2) is 42.5 Å². The van der Waals surface area contributed by atoms with Crippen molar-refractivity contribution < 1.29 is 9.59 Å². The van der Waals surface area contributed by atoms with Crippen molar-refractivity contribution in [2.45, 2.75) is 25.8 Å². The zero-order valence-corrected chi connectivity index (χ0v) is 17.0. The second kappa shape index (κ2) is 9.41. The molecule has 0 saturated carbocycles. The van der Waals surface area contributed by atoms with E-state index in [1.807, 2.05) is 12.1 Å². The Bertz CT molecular complexity index is 855. The van der Waals surface area contributed by atoms with E-state index in [-0.39, 0.29) is 24.2 Å². The fraction of sp³-hybridized carbons (Fsp3) is 0.333. The van der Waals surface area contributed by atoms with Crippen LogP contribution < -0.4 is 11.1 Å². The van der Waals surface area contributed by atoms with Gasteiger partial charge in [-0.05, 0) is 54.8 Å². The molecule has 1 aliphatic rings. The summed E-state index contributed by atoms with van der Waals surface area (Å²) in [6.45, 7) is 2.32. The minimum atomic E-state index is -0.375. The van der Waals surface area contributed by atoms with Crippen molar-refractivity contribution in [2.24, 2.45) is 11.7 Å². The summed E-state index contributed by atoms with van der Waals surface area (Å²) in [5.74, 6) is -0.445. The van der Waals surface area contributed by atoms with Gasteiger partial charge in [0.1, 0.15) is 0 Å². The van der Waals surface area contributed by atoms with E-state index in [9.17, 15) is 9.59 Å². The Kier molecular flexibility index (Phi) is 6.94. The van der Waals surface area contributed by atoms with E-state index >= 15 is 0 Å². The molecule has 0 bridgehead atoms. The lowest BCUT2D eigenvalue weighted by Gasteiger charge is -2.32. The van der Waals surface area contributed by atoms with Crippen molar-refractivity contribution in [1.82, 2.24) is 4.90 Å². The molecular weight excluding hydrogens is 397 g/mol. The fourth-order valence-electron chi connectivity index (χ4n) is 3.46. The van der Waals surface area contributed by atoms with Gasteiger partial charge in [-0.1, -0.05) is 41.4 Å². The summed E-state index contributed by atoms with van der Waals surface area (Å²) < 4.78 is 0. The van der Waals surface area contributed by atoms with Gasteiger partial charge in [-0.15, -0.1) is 0 Å². The molecule has 5 nitrogen and oxygen atoms in total. The highest BCUT2D eigenvalue weighted by molar-refractivity contribution is 6.35. The average molecular weight is 420 g/mol. The van der Waals surface area contributed by atoms with Gasteiger partial charge in [0.25, 0.3) is 0 Å². The Labute approximate surface area is 174 Å². The number of halogens is 2. The molecule has 1 fully saturated rings. The van der Waals surface area contributed by atoms with Gasteiger partial charge in [0, 0.05) is 28.8 Å². The Morgan fingerprint density at radius 1 is 1.14 bits per heavy atom. The molecule has 3 N–H and O–H groups in total. The molecule has 2 aromatic carbocycles. The molecule has 28 heavy (non-hydrogen) atoms. The van der Waals surface area contributed by atoms with Gasteiger partial charge in [0.2, 0.25) is 11.8 Å². The van der Waals surface area contributed by atoms with Crippen molar-refractivity contribution >= 4 is 40.7 Å². The minimum absolute atomic E-state index is 0.00885. The zero-order valence-electron chi connectivity index (χ0n) is 15.5. The Morgan fingerprint density at radius 2 is 1.89 bits per heavy atom. The van der Waals surface area contributed by atoms with E-state index < -0.39 is 0 Å². The molecule has 1 atom stereocenters. The number of hydrogen-bond acceptors (Lipinski definition) is 3. The van der Waals surface area contributed by atoms with Gasteiger partial charge in [-0.3, -0.25) is 14.5 Å². The molecule has 2 aromatic rings. The molecule has 0 radical (unpaired) electrons. The first-order chi connectivity index (χ1) is 13.4. The third-order valence-corrected chi connectivity index (χ3v) is 5.47. The fourth-order valence-corrected chi connectivity index (χ4v) is 3.92. The second-order valence-electron chi connectivity index (χ2n) is 7.14. The van der Waals surface area contributed by atoms with E-state index in [0.29, 0.717) is 23.1 Å². The number of amides is 2. The summed E-state index contributed by atoms with van der Waals surface area (Å²) in [6, 6.07) is 12.7. The van der Waals surface area contributed by atoms with Crippen molar-refractivity contribution in [3.8, 4) is 0 Å². The maximum absolute atomic E-state index is 12.7. The number of carbonyl (C=O) groups excluding carboxylic acids is 2. The summed E-state index contributed by atoms with van der Waals surface area (Å²) in [4.78, 5) is 25.9. The molecule has 0 aromatic heterocycles. The van der Waals surface area contributed by atoms with Gasteiger partial charge in [-0.2, -0.15) is 0 Å². The monoisotopic (exact) mass is 419 g/mol. The summed E-state index contributed by atoms with van der Waals surface area (Å²) in [6.07, 6.45) is 2.01. The van der Waals surface area contributed by atoms with Crippen molar-refractivity contribution in [3.63, 3.8) is 0 Å². The first-order valence-corrected chi connectivity index (χ1v) is 10.0. The number of benzene rings is 2. The Balaban J connectivity index is 1.57. The number of piperidine rings is 1. The predicted octanol–water partition coefficient (Wildman–Crippen LogP) is 3.87. The standard InChI is InChI=1S/C21H23Cl2N3O2/c22-17-6-5-15(19(23)11-17)12-26-9-1-2-16(13-26)21(28)25-18-7-3-14(4-8-18)10-20(24)27/h3-8,11,16H,1-2,9-10,12-13H2,(H2,24,27)(H,25,28)/t16-/m0/s1. The van der Waals surface area contributed by atoms with Crippen LogP contribution in [-0.2, 0) is 22.6 Å². The molecule has 1 aliphatic heterocycles. The van der Waals surface area contributed by atoms with Crippen LogP contribution in [0.25, 0.3) is 0 Å². The number of nitrogens with zero attached hydrogens (tertiary/aromatic N) is 1. The van der Waals surface area contributed by atoms with Gasteiger partial charge in [-0.25, -0.2) is 0 Å². The maximum Gasteiger partial charge on any atom is 0.228 e. The smallest absolute Gasteiger partial charge is 0.228 e. The van der Waals surface area contributed by atoms with Crippen LogP contribution in [0.4, 0.5) is 5.69 Å². The highest BCUT2D eigenvalue weighted by Crippen LogP contribution is 2.25. The SMILES string of the molecule is NC(=O)Cc1ccc(NC(=O)[C@H]2CCCN(Cc3ccc(Cl)cc3Cl)C2)cc1. The Morgan fingerprint density at radius 3 is 2.57 bits per heavy atom. The quantitative estimate of drug-likeness (QED) is 0.745. The van der Waals surface area contributed by atoms with Crippen LogP contribution >= 0.6 is 23.2 Å². The van der Waals surface area contributed by atoms with Crippen LogP contribution in [0.3, 0.4) is 0 Å². The molecule has 0 spiro atoms. The lowest BCUT2D eigenvalue weighted by molar-refractivity contribution is -0.121. The molecule has 2 amide bonds. The van der Waals surface area contributed by atoms with E-state index in [4.69, 9.17) is 28.9 Å². The second-order valence-corrected chi connectivity index (χ2v) is 7.98. The van der Waals surface area contributed by atoms with Gasteiger partial charge in [0.05, 0.1) is 12.3 Å². The van der Waals surface area contributed by atoms with E-state index in [2.05, 4.69) is 10.2 Å². The summed E-state index contributed by atoms with van der Waals surface area (Å²) in [5, 5.41) is 4.24. The highest BCUT2D eigenvalue weighted by Gasteiger charge is 2.26. The number of anilines is 1. The van der Waals surface area contributed by atoms with Crippen LogP contribution in [0.5, 0.6) is 0 Å². The number of rotatable bonds is 6. The largest absolute Gasteiger partial charge is 0.369 e. The van der Waals surface area contributed by atoms with Crippen LogP contribution in [0, 0.1) is 5.92 Å². The molecule has 1 heterocycles. The molecule has 1 saturated heterocycles. The number of primary amides is 1. The molecule has 3 rings (SSSR count). The number of hydrogen-bond donors (Lipinski definition) is 2. The zero-order chi connectivity index (χ0) is 20.1. The van der Waals surface area contributed by atoms with Crippen LogP contribution in [-0.4, -0.2) is 29.8 Å². The topological polar surface area (TPSA) is 75.4 Å². The molecule has 148 valence electrons. The molecule has 0 unspecified atom stereocenters. The highest BCUT2D eigenvalue weighted by atomic mass is 35.5. The summed E-state index contributed by atoms with van der Waals surface area (Å²) >= 11 is 12.2. The van der Waals surface area contributed by atoms with Gasteiger partial charge >= 0.3 is 0 Å². The number of likely N-dealkylation sites (tertiary alicyclic amines) is 1. The van der Waals surface area contributed by atoms with Gasteiger partial charge in [0.15, 0.2) is 0 Å². The lowest BCUT2D eigenvalue weighted by Crippen LogP contribution is -2.40. The number of nitrogens with one attached hydrogen (secondary N) is 1. The molecule has 0 aliphatic carbocycles. The first-order valence-electron chi connectivity index (χ1n) is 9.25. The van der Waals surface area contributed by atoms with E-state index in [0.717, 1.165) is 36.2 Å². The van der Waals surface area contributed by atoms with Crippen molar-refractivity contribution in [3.05, 3.63) is 63.6 Å². The van der Waals surface area contributed by atoms with Gasteiger partial charge < -0.3 is 11.1 Å². The molecule has 7 heteroatoms. The average Bonchev–Trinajstić information content (AvgIpc) is 2.65. The van der Waals surface area contributed by atoms with Crippen LogP contribution in [0.2, 0.25) is 10.0 Å². The van der Waals surface area contributed by atoms with Crippen molar-refractivity contribution in [1.29, 1.82) is 0 Å². The maximum atomic E-state index is 12.7. The Hall–Kier alpha value is -2.08. The van der Waals surface area contributed by atoms with Crippen LogP contribution in [0.1, 0.15) is 24.0 Å². The number of nitrogens with two attached hydrogens (primary N) is 1. The minimum Gasteiger partial charge on any atom is -0.369 e. The first kappa shape index (κ1) is 20.6. The third-order valence-electron chi connectivity index (χ3n) is 4.89. The predicted molar refractivity (Wildman–Crippen MR) is 112 cm³/mol. The van der Waals surface area contributed by atoms with E-state index in [1.165, 1.54) is 0 Å². The van der Waals surface area contributed by atoms with E-state index in [1.54, 1.807) is 30.3 Å². The summed E-state index contributed by atoms with van der Waals surface area (Å²) in [5.41, 5.74) is 7.76. The third kappa shape index (κ3) is 5.71. The normalized spacial score (nSPS) is 17.3. The molecular formula is C21H23Cl2N3O2. The van der Waals surface area contributed by atoms with Crippen molar-refractivity contribution in [2.75, 3.05) is 18.4 Å². The summed E-state index contributed by atoms with van der Waals surface area (Å²) in [7, 11) is 0. The lowest BCUT2D eigenvalue weighted by atomic mass is 9.96.